The Bertz CT molecular complexity index is 1310. The van der Waals surface area contributed by atoms with Crippen molar-refractivity contribution in [1.82, 2.24) is 0 Å². The smallest absolute Gasteiger partial charge is 0.282 e. The van der Waals surface area contributed by atoms with Crippen LogP contribution in [0.3, 0.4) is 0 Å². The van der Waals surface area contributed by atoms with Gasteiger partial charge in [-0.2, -0.15) is 0 Å². The largest absolute Gasteiger partial charge is 0.350 e. The van der Waals surface area contributed by atoms with Gasteiger partial charge < -0.3 is 5.32 Å². The summed E-state index contributed by atoms with van der Waals surface area (Å²) in [5.74, 6) is -0.807. The molecule has 0 spiro atoms. The van der Waals surface area contributed by atoms with Gasteiger partial charge in [-0.05, 0) is 85.8 Å². The van der Waals surface area contributed by atoms with Crippen molar-refractivity contribution < 1.29 is 9.59 Å². The van der Waals surface area contributed by atoms with Crippen molar-refractivity contribution in [3.63, 3.8) is 0 Å². The molecule has 162 valence electrons. The summed E-state index contributed by atoms with van der Waals surface area (Å²) in [5.41, 5.74) is 6.08. The van der Waals surface area contributed by atoms with E-state index in [1.165, 1.54) is 4.90 Å². The summed E-state index contributed by atoms with van der Waals surface area (Å²) >= 11 is 12.4. The van der Waals surface area contributed by atoms with Crippen molar-refractivity contribution in [2.45, 2.75) is 27.7 Å². The van der Waals surface area contributed by atoms with Gasteiger partial charge in [-0.15, -0.1) is 0 Å². The maximum Gasteiger partial charge on any atom is 0.282 e. The van der Waals surface area contributed by atoms with Crippen LogP contribution in [0.2, 0.25) is 10.0 Å². The molecule has 0 radical (unpaired) electrons. The van der Waals surface area contributed by atoms with Gasteiger partial charge in [-0.1, -0.05) is 47.5 Å². The highest BCUT2D eigenvalue weighted by molar-refractivity contribution is 6.46. The number of hydrogen-bond acceptors (Lipinski definition) is 3. The fourth-order valence-electron chi connectivity index (χ4n) is 3.78. The lowest BCUT2D eigenvalue weighted by molar-refractivity contribution is -0.120. The Balaban J connectivity index is 1.89. The van der Waals surface area contributed by atoms with Gasteiger partial charge in [-0.3, -0.25) is 9.59 Å². The number of hydrogen-bond donors (Lipinski definition) is 1. The number of anilines is 2. The highest BCUT2D eigenvalue weighted by atomic mass is 35.5. The number of rotatable bonds is 4. The molecule has 4 nitrogen and oxygen atoms in total. The first kappa shape index (κ1) is 22.1. The van der Waals surface area contributed by atoms with Crippen LogP contribution >= 0.6 is 23.2 Å². The van der Waals surface area contributed by atoms with E-state index in [1.54, 1.807) is 30.3 Å². The number of nitrogens with zero attached hydrogens (tertiary/aromatic N) is 1. The van der Waals surface area contributed by atoms with Gasteiger partial charge in [0.25, 0.3) is 11.8 Å². The average molecular weight is 465 g/mol. The van der Waals surface area contributed by atoms with E-state index in [1.807, 2.05) is 52.0 Å². The zero-order valence-electron chi connectivity index (χ0n) is 18.2. The minimum absolute atomic E-state index is 0.220. The zero-order valence-corrected chi connectivity index (χ0v) is 19.7. The lowest BCUT2D eigenvalue weighted by Crippen LogP contribution is -2.33. The lowest BCUT2D eigenvalue weighted by Gasteiger charge is -2.18. The summed E-state index contributed by atoms with van der Waals surface area (Å²) in [5, 5.41) is 4.32. The topological polar surface area (TPSA) is 49.4 Å². The molecule has 0 atom stereocenters. The molecule has 3 aromatic rings. The zero-order chi connectivity index (χ0) is 23.2. The summed E-state index contributed by atoms with van der Waals surface area (Å²) in [4.78, 5) is 28.5. The molecule has 1 heterocycles. The maximum atomic E-state index is 13.7. The highest BCUT2D eigenvalue weighted by Crippen LogP contribution is 2.37. The van der Waals surface area contributed by atoms with Crippen molar-refractivity contribution in [3.8, 4) is 0 Å². The third kappa shape index (κ3) is 3.81. The summed E-state index contributed by atoms with van der Waals surface area (Å²) in [6.07, 6.45) is 0. The second kappa shape index (κ2) is 8.45. The van der Waals surface area contributed by atoms with Gasteiger partial charge in [-0.25, -0.2) is 4.90 Å². The summed E-state index contributed by atoms with van der Waals surface area (Å²) in [6.45, 7) is 7.68. The van der Waals surface area contributed by atoms with Crippen LogP contribution in [-0.4, -0.2) is 11.8 Å². The fourth-order valence-corrected chi connectivity index (χ4v) is 4.18. The summed E-state index contributed by atoms with van der Waals surface area (Å²) in [6, 6.07) is 16.3. The van der Waals surface area contributed by atoms with E-state index in [0.717, 1.165) is 22.3 Å². The normalized spacial score (nSPS) is 13.9. The predicted molar refractivity (Wildman–Crippen MR) is 131 cm³/mol. The Morgan fingerprint density at radius 1 is 0.781 bits per heavy atom. The van der Waals surface area contributed by atoms with Gasteiger partial charge >= 0.3 is 0 Å². The van der Waals surface area contributed by atoms with Crippen LogP contribution in [0.1, 0.15) is 27.8 Å². The van der Waals surface area contributed by atoms with Crippen LogP contribution < -0.4 is 10.2 Å². The standard InChI is InChI=1S/C26H22Cl2N2O2/c1-14-8-9-18(12-15(14)2)23-24(29-21-7-5-6-20(28)17(21)4)26(32)30(25(23)31)22-11-10-19(27)13-16(22)3/h5-13,29H,1-4H3. The van der Waals surface area contributed by atoms with E-state index in [0.29, 0.717) is 32.6 Å². The van der Waals surface area contributed by atoms with Crippen molar-refractivity contribution in [2.75, 3.05) is 10.2 Å². The van der Waals surface area contributed by atoms with E-state index in [4.69, 9.17) is 23.2 Å². The molecule has 1 aliphatic rings. The third-order valence-corrected chi connectivity index (χ3v) is 6.45. The maximum absolute atomic E-state index is 13.7. The minimum Gasteiger partial charge on any atom is -0.350 e. The molecular weight excluding hydrogens is 443 g/mol. The average Bonchev–Trinajstić information content (AvgIpc) is 2.98. The van der Waals surface area contributed by atoms with Crippen molar-refractivity contribution in [2.24, 2.45) is 0 Å². The van der Waals surface area contributed by atoms with Gasteiger partial charge in [0.05, 0.1) is 11.3 Å². The second-order valence-corrected chi connectivity index (χ2v) is 8.81. The Kier molecular flexibility index (Phi) is 5.85. The van der Waals surface area contributed by atoms with E-state index < -0.39 is 5.91 Å². The molecule has 0 unspecified atom stereocenters. The molecule has 0 saturated carbocycles. The number of carbonyl (C=O) groups is 2. The van der Waals surface area contributed by atoms with Crippen LogP contribution in [0.15, 0.2) is 60.3 Å². The molecule has 0 bridgehead atoms. The Morgan fingerprint density at radius 3 is 2.22 bits per heavy atom. The monoisotopic (exact) mass is 464 g/mol. The minimum atomic E-state index is -0.423. The molecule has 1 aliphatic heterocycles. The van der Waals surface area contributed by atoms with E-state index in [9.17, 15) is 9.59 Å². The van der Waals surface area contributed by atoms with Crippen LogP contribution in [-0.2, 0) is 9.59 Å². The molecule has 2 amide bonds. The molecule has 32 heavy (non-hydrogen) atoms. The molecule has 3 aromatic carbocycles. The second-order valence-electron chi connectivity index (χ2n) is 7.96. The van der Waals surface area contributed by atoms with E-state index >= 15 is 0 Å². The van der Waals surface area contributed by atoms with Crippen LogP contribution in [0.25, 0.3) is 5.57 Å². The van der Waals surface area contributed by atoms with Crippen molar-refractivity contribution in [3.05, 3.63) is 98.2 Å². The molecule has 0 aliphatic carbocycles. The van der Waals surface area contributed by atoms with Gasteiger partial charge in [0.1, 0.15) is 5.70 Å². The third-order valence-electron chi connectivity index (χ3n) is 5.81. The lowest BCUT2D eigenvalue weighted by atomic mass is 9.99. The Labute approximate surface area is 197 Å². The first-order chi connectivity index (χ1) is 15.2. The van der Waals surface area contributed by atoms with Gasteiger partial charge in [0.2, 0.25) is 0 Å². The highest BCUT2D eigenvalue weighted by Gasteiger charge is 2.41. The fraction of sp³-hybridized carbons (Fsp3) is 0.154. The number of nitrogens with one attached hydrogen (secondary N) is 1. The molecule has 0 fully saturated rings. The molecule has 0 saturated heterocycles. The summed E-state index contributed by atoms with van der Waals surface area (Å²) in [7, 11) is 0. The quantitative estimate of drug-likeness (QED) is 0.441. The number of amides is 2. The number of carbonyl (C=O) groups excluding carboxylic acids is 2. The van der Waals surface area contributed by atoms with Crippen molar-refractivity contribution in [1.29, 1.82) is 0 Å². The van der Waals surface area contributed by atoms with Gasteiger partial charge in [0, 0.05) is 15.7 Å². The first-order valence-corrected chi connectivity index (χ1v) is 10.9. The van der Waals surface area contributed by atoms with Crippen LogP contribution in [0, 0.1) is 27.7 Å². The molecule has 0 aromatic heterocycles. The number of aryl methyl sites for hydroxylation is 3. The van der Waals surface area contributed by atoms with E-state index in [2.05, 4.69) is 5.32 Å². The molecule has 4 rings (SSSR count). The van der Waals surface area contributed by atoms with Crippen LogP contribution in [0.5, 0.6) is 0 Å². The number of halogens is 2. The molecule has 6 heteroatoms. The summed E-state index contributed by atoms with van der Waals surface area (Å²) < 4.78 is 0. The first-order valence-electron chi connectivity index (χ1n) is 10.2. The van der Waals surface area contributed by atoms with Gasteiger partial charge in [0.15, 0.2) is 0 Å². The molecule has 1 N–H and O–H groups in total. The van der Waals surface area contributed by atoms with E-state index in [-0.39, 0.29) is 11.6 Å². The Morgan fingerprint density at radius 2 is 1.53 bits per heavy atom. The van der Waals surface area contributed by atoms with Crippen LogP contribution in [0.4, 0.5) is 11.4 Å². The predicted octanol–water partition coefficient (Wildman–Crippen LogP) is 6.62. The number of benzene rings is 3. The molecular formula is C26H22Cl2N2O2. The SMILES string of the molecule is Cc1ccc(C2=C(Nc3cccc(Cl)c3C)C(=O)N(c3ccc(Cl)cc3C)C2=O)cc1C. The van der Waals surface area contributed by atoms with Crippen molar-refractivity contribution >= 4 is 52.0 Å². The Hall–Kier alpha value is -3.08. The number of imide groups is 1.